The smallest absolute Gasteiger partial charge is 0.249 e. The molecule has 1 aromatic heterocycles. The van der Waals surface area contributed by atoms with Gasteiger partial charge in [0.05, 0.1) is 7.11 Å². The summed E-state index contributed by atoms with van der Waals surface area (Å²) >= 11 is 0. The number of rotatable bonds is 6. The van der Waals surface area contributed by atoms with Crippen LogP contribution in [0.15, 0.2) is 28.8 Å². The molecule has 1 aliphatic rings. The highest BCUT2D eigenvalue weighted by atomic mass is 16.5. The van der Waals surface area contributed by atoms with Crippen molar-refractivity contribution >= 4 is 5.91 Å². The topological polar surface area (TPSA) is 86.5 Å². The number of hydrogen-bond donors (Lipinski definition) is 1. The number of carbonyl (C=O) groups excluding carboxylic acids is 1. The summed E-state index contributed by atoms with van der Waals surface area (Å²) in [6, 6.07) is 7.42. The van der Waals surface area contributed by atoms with Gasteiger partial charge >= 0.3 is 0 Å². The van der Waals surface area contributed by atoms with Crippen molar-refractivity contribution in [3.63, 3.8) is 0 Å². The number of benzene rings is 1. The largest absolute Gasteiger partial charge is 0.497 e. The summed E-state index contributed by atoms with van der Waals surface area (Å²) < 4.78 is 15.6. The van der Waals surface area contributed by atoms with Gasteiger partial charge in [0.15, 0.2) is 0 Å². The van der Waals surface area contributed by atoms with Crippen molar-refractivity contribution < 1.29 is 18.8 Å². The van der Waals surface area contributed by atoms with E-state index in [1.165, 1.54) is 0 Å². The number of methoxy groups -OCH3 is 1. The van der Waals surface area contributed by atoms with E-state index in [2.05, 4.69) is 15.5 Å². The highest BCUT2D eigenvalue weighted by Crippen LogP contribution is 2.19. The molecule has 23 heavy (non-hydrogen) atoms. The molecule has 1 aromatic carbocycles. The Bertz CT molecular complexity index is 648. The predicted octanol–water partition coefficient (Wildman–Crippen LogP) is 1.58. The zero-order valence-electron chi connectivity index (χ0n) is 12.9. The SMILES string of the molecule is COc1ccc(-c2noc(CCNC(=O)C3CCCO3)n2)cc1. The fourth-order valence-electron chi connectivity index (χ4n) is 2.40. The Balaban J connectivity index is 1.51. The molecule has 1 saturated heterocycles. The van der Waals surface area contributed by atoms with Crippen LogP contribution in [0.3, 0.4) is 0 Å². The molecule has 3 rings (SSSR count). The summed E-state index contributed by atoms with van der Waals surface area (Å²) in [6.45, 7) is 1.11. The number of aromatic nitrogens is 2. The molecule has 1 aliphatic heterocycles. The van der Waals surface area contributed by atoms with E-state index < -0.39 is 0 Å². The third kappa shape index (κ3) is 3.87. The molecule has 1 atom stereocenters. The highest BCUT2D eigenvalue weighted by molar-refractivity contribution is 5.80. The first kappa shape index (κ1) is 15.5. The van der Waals surface area contributed by atoms with Gasteiger partial charge in [-0.15, -0.1) is 0 Å². The van der Waals surface area contributed by atoms with Crippen LogP contribution in [0, 0.1) is 0 Å². The van der Waals surface area contributed by atoms with Crippen molar-refractivity contribution in [2.75, 3.05) is 20.3 Å². The number of carbonyl (C=O) groups is 1. The van der Waals surface area contributed by atoms with E-state index in [0.29, 0.717) is 31.3 Å². The van der Waals surface area contributed by atoms with Gasteiger partial charge < -0.3 is 19.3 Å². The zero-order valence-corrected chi connectivity index (χ0v) is 12.9. The molecule has 1 N–H and O–H groups in total. The van der Waals surface area contributed by atoms with Gasteiger partial charge in [-0.2, -0.15) is 4.98 Å². The normalized spacial score (nSPS) is 17.2. The van der Waals surface area contributed by atoms with E-state index in [-0.39, 0.29) is 12.0 Å². The van der Waals surface area contributed by atoms with Gasteiger partial charge in [0.25, 0.3) is 0 Å². The van der Waals surface area contributed by atoms with E-state index in [1.807, 2.05) is 24.3 Å². The van der Waals surface area contributed by atoms with Crippen LogP contribution in [-0.2, 0) is 16.0 Å². The van der Waals surface area contributed by atoms with E-state index >= 15 is 0 Å². The maximum atomic E-state index is 11.8. The Morgan fingerprint density at radius 3 is 2.91 bits per heavy atom. The molecule has 0 aliphatic carbocycles. The van der Waals surface area contributed by atoms with E-state index in [1.54, 1.807) is 7.11 Å². The standard InChI is InChI=1S/C16H19N3O4/c1-21-12-6-4-11(5-7-12)15-18-14(23-19-15)8-9-17-16(20)13-3-2-10-22-13/h4-7,13H,2-3,8-10H2,1H3,(H,17,20). The summed E-state index contributed by atoms with van der Waals surface area (Å²) in [5.41, 5.74) is 0.851. The fraction of sp³-hybridized carbons (Fsp3) is 0.438. The van der Waals surface area contributed by atoms with Crippen molar-refractivity contribution in [2.24, 2.45) is 0 Å². The Hall–Kier alpha value is -2.41. The van der Waals surface area contributed by atoms with Gasteiger partial charge in [-0.05, 0) is 37.1 Å². The molecule has 122 valence electrons. The van der Waals surface area contributed by atoms with Crippen molar-refractivity contribution in [1.29, 1.82) is 0 Å². The predicted molar refractivity (Wildman–Crippen MR) is 82.0 cm³/mol. The van der Waals surface area contributed by atoms with Crippen LogP contribution in [0.2, 0.25) is 0 Å². The van der Waals surface area contributed by atoms with Crippen LogP contribution in [-0.4, -0.2) is 42.4 Å². The quantitative estimate of drug-likeness (QED) is 0.870. The zero-order chi connectivity index (χ0) is 16.1. The lowest BCUT2D eigenvalue weighted by Crippen LogP contribution is -2.35. The lowest BCUT2D eigenvalue weighted by molar-refractivity contribution is -0.130. The first-order chi connectivity index (χ1) is 11.3. The second-order valence-corrected chi connectivity index (χ2v) is 5.28. The van der Waals surface area contributed by atoms with Gasteiger partial charge in [0.1, 0.15) is 11.9 Å². The molecular weight excluding hydrogens is 298 g/mol. The van der Waals surface area contributed by atoms with Crippen LogP contribution in [0.4, 0.5) is 0 Å². The van der Waals surface area contributed by atoms with Gasteiger partial charge in [0.2, 0.25) is 17.6 Å². The number of nitrogens with zero attached hydrogens (tertiary/aromatic N) is 2. The second-order valence-electron chi connectivity index (χ2n) is 5.28. The van der Waals surface area contributed by atoms with Gasteiger partial charge in [-0.1, -0.05) is 5.16 Å². The fourth-order valence-corrected chi connectivity index (χ4v) is 2.40. The minimum atomic E-state index is -0.312. The minimum Gasteiger partial charge on any atom is -0.497 e. The number of nitrogens with one attached hydrogen (secondary N) is 1. The molecule has 0 saturated carbocycles. The highest BCUT2D eigenvalue weighted by Gasteiger charge is 2.23. The van der Waals surface area contributed by atoms with E-state index in [4.69, 9.17) is 14.0 Å². The van der Waals surface area contributed by atoms with Crippen LogP contribution in [0.25, 0.3) is 11.4 Å². The van der Waals surface area contributed by atoms with Gasteiger partial charge in [-0.25, -0.2) is 0 Å². The molecule has 0 spiro atoms. The summed E-state index contributed by atoms with van der Waals surface area (Å²) in [4.78, 5) is 16.1. The molecule has 7 heteroatoms. The maximum absolute atomic E-state index is 11.8. The van der Waals surface area contributed by atoms with Crippen LogP contribution < -0.4 is 10.1 Å². The summed E-state index contributed by atoms with van der Waals surface area (Å²) in [5.74, 6) is 1.71. The molecule has 0 radical (unpaired) electrons. The van der Waals surface area contributed by atoms with Crippen LogP contribution in [0.1, 0.15) is 18.7 Å². The lowest BCUT2D eigenvalue weighted by Gasteiger charge is -2.08. The van der Waals surface area contributed by atoms with Crippen molar-refractivity contribution in [1.82, 2.24) is 15.5 Å². The average molecular weight is 317 g/mol. The Morgan fingerprint density at radius 1 is 1.39 bits per heavy atom. The third-order valence-electron chi connectivity index (χ3n) is 3.68. The minimum absolute atomic E-state index is 0.0719. The first-order valence-electron chi connectivity index (χ1n) is 7.62. The van der Waals surface area contributed by atoms with E-state index in [9.17, 15) is 4.79 Å². The summed E-state index contributed by atoms with van der Waals surface area (Å²) in [5, 5.41) is 6.78. The molecular formula is C16H19N3O4. The molecule has 1 unspecified atom stereocenters. The van der Waals surface area contributed by atoms with Crippen LogP contribution >= 0.6 is 0 Å². The third-order valence-corrected chi connectivity index (χ3v) is 3.68. The Labute approximate surface area is 134 Å². The van der Waals surface area contributed by atoms with Gasteiger partial charge in [0, 0.05) is 25.1 Å². The molecule has 0 bridgehead atoms. The lowest BCUT2D eigenvalue weighted by atomic mass is 10.2. The molecule has 2 heterocycles. The monoisotopic (exact) mass is 317 g/mol. The summed E-state index contributed by atoms with van der Waals surface area (Å²) in [6.07, 6.45) is 1.90. The molecule has 1 fully saturated rings. The Morgan fingerprint density at radius 2 is 2.22 bits per heavy atom. The second kappa shape index (κ2) is 7.23. The van der Waals surface area contributed by atoms with E-state index in [0.717, 1.165) is 24.2 Å². The molecule has 1 amide bonds. The molecule has 7 nitrogen and oxygen atoms in total. The van der Waals surface area contributed by atoms with Crippen molar-refractivity contribution in [3.8, 4) is 17.1 Å². The summed E-state index contributed by atoms with van der Waals surface area (Å²) in [7, 11) is 1.62. The number of amides is 1. The number of ether oxygens (including phenoxy) is 2. The van der Waals surface area contributed by atoms with Gasteiger partial charge in [-0.3, -0.25) is 4.79 Å². The Kier molecular flexibility index (Phi) is 4.87. The average Bonchev–Trinajstić information content (AvgIpc) is 3.27. The van der Waals surface area contributed by atoms with Crippen molar-refractivity contribution in [3.05, 3.63) is 30.2 Å². The van der Waals surface area contributed by atoms with Crippen LogP contribution in [0.5, 0.6) is 5.75 Å². The number of hydrogen-bond acceptors (Lipinski definition) is 6. The maximum Gasteiger partial charge on any atom is 0.249 e. The van der Waals surface area contributed by atoms with Crippen molar-refractivity contribution in [2.45, 2.75) is 25.4 Å². The molecule has 2 aromatic rings. The first-order valence-corrected chi connectivity index (χ1v) is 7.62.